The van der Waals surface area contributed by atoms with Crippen LogP contribution in [0.5, 0.6) is 5.75 Å². The number of nitrogens with one attached hydrogen (secondary N) is 1. The van der Waals surface area contributed by atoms with Gasteiger partial charge in [0.25, 0.3) is 0 Å². The zero-order valence-corrected chi connectivity index (χ0v) is 15.1. The van der Waals surface area contributed by atoms with Gasteiger partial charge in [0, 0.05) is 24.9 Å². The third kappa shape index (κ3) is 4.53. The molecule has 122 valence electrons. The van der Waals surface area contributed by atoms with Crippen molar-refractivity contribution in [2.75, 3.05) is 26.0 Å². The van der Waals surface area contributed by atoms with E-state index in [0.717, 1.165) is 36.2 Å². The van der Waals surface area contributed by atoms with Crippen LogP contribution in [0.25, 0.3) is 0 Å². The van der Waals surface area contributed by atoms with Crippen molar-refractivity contribution in [3.8, 4) is 5.75 Å². The number of para-hydroxylation sites is 1. The summed E-state index contributed by atoms with van der Waals surface area (Å²) in [6.45, 7) is 4.01. The molecule has 0 spiro atoms. The molecule has 5 heteroatoms. The molecule has 0 saturated carbocycles. The monoisotopic (exact) mass is 338 g/mol. The van der Waals surface area contributed by atoms with Crippen molar-refractivity contribution in [3.63, 3.8) is 0 Å². The van der Waals surface area contributed by atoms with E-state index in [1.54, 1.807) is 0 Å². The smallest absolute Gasteiger partial charge is 0.169 e. The van der Waals surface area contributed by atoms with E-state index in [1.165, 1.54) is 24.8 Å². The highest BCUT2D eigenvalue weighted by molar-refractivity contribution is 7.99. The number of thioether (sulfide) groups is 1. The molecule has 2 rings (SSSR count). The van der Waals surface area contributed by atoms with Gasteiger partial charge in [0.15, 0.2) is 5.11 Å². The molecule has 1 aliphatic heterocycles. The quantitative estimate of drug-likeness (QED) is 0.593. The molecule has 22 heavy (non-hydrogen) atoms. The number of unbranched alkanes of at least 4 members (excludes halogenated alkanes) is 3. The van der Waals surface area contributed by atoms with Crippen LogP contribution in [0.4, 0.5) is 0 Å². The SMILES string of the molecule is CCCCCCOc1ccccc1C1SCCN1C(=S)NC. The van der Waals surface area contributed by atoms with Crippen LogP contribution in [0.2, 0.25) is 0 Å². The van der Waals surface area contributed by atoms with Gasteiger partial charge in [-0.1, -0.05) is 44.4 Å². The zero-order valence-electron chi connectivity index (χ0n) is 13.5. The van der Waals surface area contributed by atoms with E-state index in [1.807, 2.05) is 24.9 Å². The van der Waals surface area contributed by atoms with E-state index in [9.17, 15) is 0 Å². The lowest BCUT2D eigenvalue weighted by Gasteiger charge is -2.27. The lowest BCUT2D eigenvalue weighted by Crippen LogP contribution is -2.37. The largest absolute Gasteiger partial charge is 0.493 e. The van der Waals surface area contributed by atoms with Crippen LogP contribution >= 0.6 is 24.0 Å². The predicted octanol–water partition coefficient (Wildman–Crippen LogP) is 4.20. The summed E-state index contributed by atoms with van der Waals surface area (Å²) in [7, 11) is 1.89. The zero-order chi connectivity index (χ0) is 15.8. The Morgan fingerprint density at radius 1 is 1.36 bits per heavy atom. The first kappa shape index (κ1) is 17.4. The summed E-state index contributed by atoms with van der Waals surface area (Å²) < 4.78 is 6.05. The number of rotatable bonds is 7. The molecule has 1 atom stereocenters. The van der Waals surface area contributed by atoms with Gasteiger partial charge in [0.1, 0.15) is 11.1 Å². The number of ether oxygens (including phenoxy) is 1. The van der Waals surface area contributed by atoms with Gasteiger partial charge >= 0.3 is 0 Å². The Labute approximate surface area is 143 Å². The maximum Gasteiger partial charge on any atom is 0.169 e. The maximum absolute atomic E-state index is 6.05. The van der Waals surface area contributed by atoms with Gasteiger partial charge in [-0.3, -0.25) is 0 Å². The van der Waals surface area contributed by atoms with Crippen LogP contribution < -0.4 is 10.1 Å². The average Bonchev–Trinajstić information content (AvgIpc) is 3.03. The fourth-order valence-corrected chi connectivity index (χ4v) is 4.16. The van der Waals surface area contributed by atoms with Gasteiger partial charge in [-0.2, -0.15) is 0 Å². The Bertz CT molecular complexity index is 481. The molecule has 0 aliphatic carbocycles. The average molecular weight is 339 g/mol. The van der Waals surface area contributed by atoms with Crippen LogP contribution in [0.3, 0.4) is 0 Å². The van der Waals surface area contributed by atoms with Crippen molar-refractivity contribution in [1.29, 1.82) is 0 Å². The Balaban J connectivity index is 2.02. The summed E-state index contributed by atoms with van der Waals surface area (Å²) in [5.74, 6) is 2.10. The third-order valence-electron chi connectivity index (χ3n) is 3.81. The lowest BCUT2D eigenvalue weighted by molar-refractivity contribution is 0.297. The molecule has 1 aromatic rings. The second-order valence-electron chi connectivity index (χ2n) is 5.42. The molecular weight excluding hydrogens is 312 g/mol. The Morgan fingerprint density at radius 3 is 2.95 bits per heavy atom. The van der Waals surface area contributed by atoms with Gasteiger partial charge in [-0.25, -0.2) is 0 Å². The highest BCUT2D eigenvalue weighted by atomic mass is 32.2. The molecule has 0 radical (unpaired) electrons. The van der Waals surface area contributed by atoms with Crippen LogP contribution in [0.15, 0.2) is 24.3 Å². The van der Waals surface area contributed by atoms with E-state index in [2.05, 4.69) is 35.3 Å². The maximum atomic E-state index is 6.05. The van der Waals surface area contributed by atoms with E-state index in [-0.39, 0.29) is 5.37 Å². The second kappa shape index (κ2) is 9.26. The normalized spacial score (nSPS) is 17.5. The molecule has 0 aromatic heterocycles. The van der Waals surface area contributed by atoms with Gasteiger partial charge < -0.3 is 15.0 Å². The van der Waals surface area contributed by atoms with Crippen LogP contribution in [0.1, 0.15) is 43.5 Å². The molecular formula is C17H26N2OS2. The van der Waals surface area contributed by atoms with E-state index in [0.29, 0.717) is 0 Å². The first-order chi connectivity index (χ1) is 10.8. The number of thiocarbonyl (C=S) groups is 1. The van der Waals surface area contributed by atoms with Gasteiger partial charge in [0.05, 0.1) is 6.61 Å². The first-order valence-corrected chi connectivity index (χ1v) is 9.55. The van der Waals surface area contributed by atoms with Crippen molar-refractivity contribution >= 4 is 29.1 Å². The van der Waals surface area contributed by atoms with Crippen LogP contribution in [-0.4, -0.2) is 36.0 Å². The summed E-state index contributed by atoms with van der Waals surface area (Å²) in [5.41, 5.74) is 1.23. The molecule has 1 fully saturated rings. The molecule has 1 unspecified atom stereocenters. The minimum absolute atomic E-state index is 0.256. The summed E-state index contributed by atoms with van der Waals surface area (Å²) in [4.78, 5) is 2.25. The van der Waals surface area contributed by atoms with Gasteiger partial charge in [-0.15, -0.1) is 11.8 Å². The van der Waals surface area contributed by atoms with Gasteiger partial charge in [0.2, 0.25) is 0 Å². The summed E-state index contributed by atoms with van der Waals surface area (Å²) in [5, 5.41) is 4.16. The van der Waals surface area contributed by atoms with Crippen molar-refractivity contribution < 1.29 is 4.74 Å². The number of hydrogen-bond donors (Lipinski definition) is 1. The standard InChI is InChI=1S/C17H26N2OS2/c1-3-4-5-8-12-20-15-10-7-6-9-14(15)16-19(11-13-22-16)17(21)18-2/h6-7,9-10,16H,3-5,8,11-13H2,1-2H3,(H,18,21). The molecule has 1 saturated heterocycles. The molecule has 1 aromatic carbocycles. The number of nitrogens with zero attached hydrogens (tertiary/aromatic N) is 1. The molecule has 1 aliphatic rings. The molecule has 0 bridgehead atoms. The lowest BCUT2D eigenvalue weighted by atomic mass is 10.2. The van der Waals surface area contributed by atoms with Crippen LogP contribution in [0, 0.1) is 0 Å². The molecule has 3 nitrogen and oxygen atoms in total. The first-order valence-electron chi connectivity index (χ1n) is 8.09. The third-order valence-corrected chi connectivity index (χ3v) is 5.49. The molecule has 1 heterocycles. The fourth-order valence-electron chi connectivity index (χ4n) is 2.61. The summed E-state index contributed by atoms with van der Waals surface area (Å²) >= 11 is 7.36. The number of hydrogen-bond acceptors (Lipinski definition) is 3. The van der Waals surface area contributed by atoms with Crippen molar-refractivity contribution in [3.05, 3.63) is 29.8 Å². The van der Waals surface area contributed by atoms with Crippen molar-refractivity contribution in [2.24, 2.45) is 0 Å². The minimum Gasteiger partial charge on any atom is -0.493 e. The van der Waals surface area contributed by atoms with Gasteiger partial charge in [-0.05, 0) is 24.7 Å². The summed E-state index contributed by atoms with van der Waals surface area (Å²) in [6, 6.07) is 8.37. The van der Waals surface area contributed by atoms with E-state index < -0.39 is 0 Å². The Kier molecular flexibility index (Phi) is 7.33. The highest BCUT2D eigenvalue weighted by Gasteiger charge is 2.30. The topological polar surface area (TPSA) is 24.5 Å². The van der Waals surface area contributed by atoms with E-state index >= 15 is 0 Å². The summed E-state index contributed by atoms with van der Waals surface area (Å²) in [6.07, 6.45) is 4.91. The highest BCUT2D eigenvalue weighted by Crippen LogP contribution is 2.41. The van der Waals surface area contributed by atoms with Crippen molar-refractivity contribution in [2.45, 2.75) is 38.0 Å². The predicted molar refractivity (Wildman–Crippen MR) is 99.6 cm³/mol. The Hall–Kier alpha value is -0.940. The fraction of sp³-hybridized carbons (Fsp3) is 0.588. The van der Waals surface area contributed by atoms with Crippen molar-refractivity contribution in [1.82, 2.24) is 10.2 Å². The molecule has 1 N–H and O–H groups in total. The number of benzene rings is 1. The molecule has 0 amide bonds. The van der Waals surface area contributed by atoms with Crippen LogP contribution in [-0.2, 0) is 0 Å². The minimum atomic E-state index is 0.256. The Morgan fingerprint density at radius 2 is 2.18 bits per heavy atom. The van der Waals surface area contributed by atoms with E-state index in [4.69, 9.17) is 17.0 Å². The second-order valence-corrected chi connectivity index (χ2v) is 6.99.